The van der Waals surface area contributed by atoms with Gasteiger partial charge in [-0.2, -0.15) is 0 Å². The maximum Gasteiger partial charge on any atom is 0.115 e. The van der Waals surface area contributed by atoms with Gasteiger partial charge in [-0.15, -0.1) is 11.8 Å². The van der Waals surface area contributed by atoms with E-state index in [4.69, 9.17) is 0 Å². The van der Waals surface area contributed by atoms with Crippen molar-refractivity contribution < 1.29 is 5.11 Å². The average Bonchev–Trinajstić information content (AvgIpc) is 2.47. The molecule has 0 aliphatic rings. The molecular formula is C17H21NOS. The molecule has 0 bridgehead atoms. The van der Waals surface area contributed by atoms with Gasteiger partial charge >= 0.3 is 0 Å². The zero-order valence-corrected chi connectivity index (χ0v) is 12.8. The van der Waals surface area contributed by atoms with E-state index in [1.54, 1.807) is 23.9 Å². The molecule has 2 rings (SSSR count). The van der Waals surface area contributed by atoms with Gasteiger partial charge in [-0.25, -0.2) is 0 Å². The minimum atomic E-state index is 0.328. The molecule has 2 nitrogen and oxygen atoms in total. The van der Waals surface area contributed by atoms with Crippen molar-refractivity contribution >= 4 is 17.4 Å². The van der Waals surface area contributed by atoms with Crippen LogP contribution in [0.15, 0.2) is 53.4 Å². The number of hydrogen-bond acceptors (Lipinski definition) is 3. The number of rotatable bonds is 6. The fourth-order valence-electron chi connectivity index (χ4n) is 2.09. The third-order valence-electron chi connectivity index (χ3n) is 3.31. The predicted molar refractivity (Wildman–Crippen MR) is 87.7 cm³/mol. The van der Waals surface area contributed by atoms with Gasteiger partial charge in [0.25, 0.3) is 0 Å². The predicted octanol–water partition coefficient (Wildman–Crippen LogP) is 4.55. The summed E-state index contributed by atoms with van der Waals surface area (Å²) in [4.78, 5) is 1.28. The fraction of sp³-hybridized carbons (Fsp3) is 0.294. The first-order chi connectivity index (χ1) is 9.67. The molecule has 0 heterocycles. The van der Waals surface area contributed by atoms with Gasteiger partial charge in [0.2, 0.25) is 0 Å². The number of aryl methyl sites for hydroxylation is 1. The van der Waals surface area contributed by atoms with E-state index in [0.29, 0.717) is 11.8 Å². The van der Waals surface area contributed by atoms with E-state index < -0.39 is 0 Å². The quantitative estimate of drug-likeness (QED) is 0.765. The van der Waals surface area contributed by atoms with Crippen LogP contribution in [0.25, 0.3) is 0 Å². The second kappa shape index (κ2) is 7.25. The number of nitrogens with one attached hydrogen (secondary N) is 1. The van der Waals surface area contributed by atoms with Crippen LogP contribution in [0.5, 0.6) is 5.75 Å². The monoisotopic (exact) mass is 287 g/mol. The number of phenolic OH excluding ortho intramolecular Hbond substituents is 1. The summed E-state index contributed by atoms with van der Waals surface area (Å²) in [7, 11) is 0. The average molecular weight is 287 g/mol. The van der Waals surface area contributed by atoms with Crippen molar-refractivity contribution in [2.75, 3.05) is 11.6 Å². The van der Waals surface area contributed by atoms with Gasteiger partial charge in [0.05, 0.1) is 0 Å². The number of aromatic hydroxyl groups is 1. The van der Waals surface area contributed by atoms with E-state index >= 15 is 0 Å². The Morgan fingerprint density at radius 2 is 1.70 bits per heavy atom. The van der Waals surface area contributed by atoms with Crippen LogP contribution in [-0.4, -0.2) is 17.4 Å². The molecule has 0 saturated heterocycles. The molecule has 0 aliphatic heterocycles. The summed E-state index contributed by atoms with van der Waals surface area (Å²) >= 11 is 1.76. The minimum absolute atomic E-state index is 0.328. The Morgan fingerprint density at radius 3 is 2.30 bits per heavy atom. The first-order valence-corrected chi connectivity index (χ1v) is 8.08. The van der Waals surface area contributed by atoms with Crippen LogP contribution in [0.2, 0.25) is 0 Å². The van der Waals surface area contributed by atoms with Crippen molar-refractivity contribution in [3.05, 3.63) is 54.1 Å². The zero-order valence-electron chi connectivity index (χ0n) is 12.0. The smallest absolute Gasteiger partial charge is 0.115 e. The van der Waals surface area contributed by atoms with Crippen LogP contribution in [0.1, 0.15) is 18.9 Å². The van der Waals surface area contributed by atoms with Gasteiger partial charge in [0.1, 0.15) is 5.75 Å². The van der Waals surface area contributed by atoms with Crippen molar-refractivity contribution in [2.24, 2.45) is 0 Å². The molecule has 0 amide bonds. The summed E-state index contributed by atoms with van der Waals surface area (Å²) < 4.78 is 0. The molecule has 2 aromatic carbocycles. The highest BCUT2D eigenvalue weighted by atomic mass is 32.2. The lowest BCUT2D eigenvalue weighted by Crippen LogP contribution is -2.15. The lowest BCUT2D eigenvalue weighted by molar-refractivity contribution is 0.475. The van der Waals surface area contributed by atoms with Crippen LogP contribution in [-0.2, 0) is 6.42 Å². The molecule has 2 N–H and O–H groups in total. The van der Waals surface area contributed by atoms with Gasteiger partial charge < -0.3 is 10.4 Å². The molecule has 0 saturated carbocycles. The molecule has 20 heavy (non-hydrogen) atoms. The Hall–Kier alpha value is -1.61. The second-order valence-corrected chi connectivity index (χ2v) is 5.86. The van der Waals surface area contributed by atoms with Gasteiger partial charge in [-0.3, -0.25) is 0 Å². The van der Waals surface area contributed by atoms with E-state index in [2.05, 4.69) is 42.8 Å². The van der Waals surface area contributed by atoms with Crippen molar-refractivity contribution in [2.45, 2.75) is 30.7 Å². The summed E-state index contributed by atoms with van der Waals surface area (Å²) in [5.41, 5.74) is 2.43. The maximum absolute atomic E-state index is 9.26. The molecule has 0 spiro atoms. The van der Waals surface area contributed by atoms with Gasteiger partial charge in [-0.05, 0) is 68.0 Å². The lowest BCUT2D eigenvalue weighted by atomic mass is 10.1. The second-order valence-electron chi connectivity index (χ2n) is 4.98. The number of anilines is 1. The van der Waals surface area contributed by atoms with Gasteiger partial charge in [-0.1, -0.05) is 12.1 Å². The van der Waals surface area contributed by atoms with Crippen LogP contribution < -0.4 is 5.32 Å². The van der Waals surface area contributed by atoms with E-state index in [-0.39, 0.29) is 0 Å². The van der Waals surface area contributed by atoms with Gasteiger partial charge in [0, 0.05) is 16.6 Å². The van der Waals surface area contributed by atoms with Gasteiger partial charge in [0.15, 0.2) is 0 Å². The third-order valence-corrected chi connectivity index (χ3v) is 4.05. The number of benzene rings is 2. The zero-order chi connectivity index (χ0) is 14.4. The van der Waals surface area contributed by atoms with E-state index in [1.807, 2.05) is 12.1 Å². The van der Waals surface area contributed by atoms with Crippen molar-refractivity contribution in [1.29, 1.82) is 0 Å². The molecule has 0 unspecified atom stereocenters. The Labute approximate surface area is 125 Å². The largest absolute Gasteiger partial charge is 0.508 e. The summed E-state index contributed by atoms with van der Waals surface area (Å²) in [6, 6.07) is 16.4. The lowest BCUT2D eigenvalue weighted by Gasteiger charge is -2.15. The Morgan fingerprint density at radius 1 is 1.05 bits per heavy atom. The molecule has 106 valence electrons. The topological polar surface area (TPSA) is 32.3 Å². The first kappa shape index (κ1) is 14.8. The highest BCUT2D eigenvalue weighted by Gasteiger charge is 2.03. The minimum Gasteiger partial charge on any atom is -0.508 e. The van der Waals surface area contributed by atoms with E-state index in [1.165, 1.54) is 16.1 Å². The van der Waals surface area contributed by atoms with Crippen molar-refractivity contribution in [3.63, 3.8) is 0 Å². The van der Waals surface area contributed by atoms with Crippen LogP contribution in [0, 0.1) is 0 Å². The highest BCUT2D eigenvalue weighted by Crippen LogP contribution is 2.19. The highest BCUT2D eigenvalue weighted by molar-refractivity contribution is 7.98. The van der Waals surface area contributed by atoms with Crippen molar-refractivity contribution in [1.82, 2.24) is 0 Å². The number of thioether (sulfide) groups is 1. The normalized spacial score (nSPS) is 12.1. The van der Waals surface area contributed by atoms with Crippen molar-refractivity contribution in [3.8, 4) is 5.75 Å². The molecule has 0 aliphatic carbocycles. The molecule has 2 aromatic rings. The summed E-state index contributed by atoms with van der Waals surface area (Å²) in [5.74, 6) is 0.328. The standard InChI is InChI=1S/C17H21NOS/c1-13(3-4-14-5-9-16(19)10-6-14)18-15-7-11-17(20-2)12-8-15/h5-13,18-19H,3-4H2,1-2H3/t13-/m0/s1. The summed E-state index contributed by atoms with van der Waals surface area (Å²) in [6.45, 7) is 2.20. The molecule has 0 aromatic heterocycles. The Balaban J connectivity index is 1.82. The van der Waals surface area contributed by atoms with E-state index in [0.717, 1.165) is 12.8 Å². The fourth-order valence-corrected chi connectivity index (χ4v) is 2.50. The Kier molecular flexibility index (Phi) is 5.36. The molecule has 3 heteroatoms. The van der Waals surface area contributed by atoms with Crippen LogP contribution in [0.4, 0.5) is 5.69 Å². The molecule has 0 radical (unpaired) electrons. The number of phenols is 1. The van der Waals surface area contributed by atoms with E-state index in [9.17, 15) is 5.11 Å². The van der Waals surface area contributed by atoms with Crippen LogP contribution in [0.3, 0.4) is 0 Å². The Bertz CT molecular complexity index is 522. The molecular weight excluding hydrogens is 266 g/mol. The maximum atomic E-state index is 9.26. The summed E-state index contributed by atoms with van der Waals surface area (Å²) in [5, 5.41) is 12.8. The third kappa shape index (κ3) is 4.49. The SMILES string of the molecule is CSc1ccc(N[C@@H](C)CCc2ccc(O)cc2)cc1. The summed E-state index contributed by atoms with van der Waals surface area (Å²) in [6.07, 6.45) is 4.16. The number of hydrogen-bond donors (Lipinski definition) is 2. The van der Waals surface area contributed by atoms with Crippen LogP contribution >= 0.6 is 11.8 Å². The molecule has 1 atom stereocenters. The molecule has 0 fully saturated rings. The first-order valence-electron chi connectivity index (χ1n) is 6.86.